The number of methoxy groups -OCH3 is 3. The Labute approximate surface area is 382 Å². The van der Waals surface area contributed by atoms with Crippen molar-refractivity contribution in [2.75, 3.05) is 38.6 Å². The van der Waals surface area contributed by atoms with Crippen molar-refractivity contribution in [2.45, 2.75) is 95.4 Å². The van der Waals surface area contributed by atoms with Crippen molar-refractivity contribution in [3.05, 3.63) is 121 Å². The molecule has 3 N–H and O–H groups in total. The SMILES string of the molecule is COC(=O)[C@H]1CSCc2cc3cc(c2)CSC[C@@H](C(=O)OC)N2Cc4cc(C)cc(c4O)CN1Cc1cc(C)cc(c1O)CN(Cc1cc(C)cc(c1O)C2)[C@H](C(=O)OC)CSC3. The second-order valence-corrected chi connectivity index (χ2v) is 19.9. The van der Waals surface area contributed by atoms with Crippen LogP contribution in [0.15, 0.2) is 54.6 Å². The Morgan fingerprint density at radius 2 is 0.667 bits per heavy atom. The smallest absolute Gasteiger partial charge is 0.323 e. The third-order valence-electron chi connectivity index (χ3n) is 12.0. The van der Waals surface area contributed by atoms with E-state index in [0.717, 1.165) is 33.4 Å². The van der Waals surface area contributed by atoms with E-state index in [0.29, 0.717) is 67.9 Å². The number of carbonyl (C=O) groups excluding carboxylic acids is 3. The lowest BCUT2D eigenvalue weighted by atomic mass is 9.98. The highest BCUT2D eigenvalue weighted by Crippen LogP contribution is 2.37. The highest BCUT2D eigenvalue weighted by atomic mass is 32.2. The van der Waals surface area contributed by atoms with Gasteiger partial charge < -0.3 is 29.5 Å². The summed E-state index contributed by atoms with van der Waals surface area (Å²) in [5.74, 6) is 1.64. The molecule has 8 rings (SSSR count). The van der Waals surface area contributed by atoms with Crippen LogP contribution >= 0.6 is 35.3 Å². The molecule has 4 heterocycles. The van der Waals surface area contributed by atoms with E-state index >= 15 is 0 Å². The molecule has 0 radical (unpaired) electrons. The van der Waals surface area contributed by atoms with E-state index in [1.807, 2.05) is 71.9 Å². The maximum Gasteiger partial charge on any atom is 0.323 e. The Morgan fingerprint density at radius 1 is 0.444 bits per heavy atom. The summed E-state index contributed by atoms with van der Waals surface area (Å²) in [6.07, 6.45) is 0. The van der Waals surface area contributed by atoms with Gasteiger partial charge in [0.25, 0.3) is 0 Å². The standard InChI is InChI=1S/C48H57N3O9S3/c1-28-7-34-16-49-18-36-9-29(2)11-38(44(36)53)20-51-21-39-12-30(3)10-37(45(39)54)19-50(17-35(8-28)43(34)52)41(47(56)59-5)26-62-23-32-13-31(22-61-25-40(49)46(55)58-4)14-33(15-32)24-63-27-42(51)48(57)60-6/h7-15,40-42,52-54H,16-27H2,1-6H3/t40-,41-,42+/m0/s1. The Balaban J connectivity index is 1.55. The maximum absolute atomic E-state index is 14.0. The average Bonchev–Trinajstić information content (AvgIpc) is 3.25. The molecule has 15 heteroatoms. The molecule has 4 aliphatic rings. The Bertz CT molecular complexity index is 2010. The van der Waals surface area contributed by atoms with Gasteiger partial charge in [-0.05, 0) is 37.5 Å². The van der Waals surface area contributed by atoms with Gasteiger partial charge in [-0.2, -0.15) is 35.3 Å². The molecule has 4 aromatic carbocycles. The van der Waals surface area contributed by atoms with Gasteiger partial charge >= 0.3 is 17.9 Å². The molecule has 0 aromatic heterocycles. The van der Waals surface area contributed by atoms with Crippen molar-refractivity contribution in [1.82, 2.24) is 14.7 Å². The quantitative estimate of drug-likeness (QED) is 0.142. The highest BCUT2D eigenvalue weighted by Gasteiger charge is 2.34. The normalized spacial score (nSPS) is 23.1. The van der Waals surface area contributed by atoms with Crippen molar-refractivity contribution in [3.63, 3.8) is 0 Å². The minimum atomic E-state index is -0.777. The van der Waals surface area contributed by atoms with Crippen molar-refractivity contribution < 1.29 is 43.9 Å². The fourth-order valence-corrected chi connectivity index (χ4v) is 12.3. The molecule has 4 aromatic rings. The van der Waals surface area contributed by atoms with Gasteiger partial charge in [0.15, 0.2) is 0 Å². The van der Waals surface area contributed by atoms with Crippen LogP contribution in [0.4, 0.5) is 0 Å². The first-order chi connectivity index (χ1) is 30.2. The predicted molar refractivity (Wildman–Crippen MR) is 249 cm³/mol. The van der Waals surface area contributed by atoms with Gasteiger partial charge in [-0.3, -0.25) is 29.1 Å². The van der Waals surface area contributed by atoms with Gasteiger partial charge in [-0.1, -0.05) is 71.3 Å². The summed E-state index contributed by atoms with van der Waals surface area (Å²) < 4.78 is 16.4. The number of aryl methyl sites for hydroxylation is 3. The fraction of sp³-hybridized carbons (Fsp3) is 0.438. The maximum atomic E-state index is 14.0. The number of fused-ring (bicyclic) bond motifs is 9. The third kappa shape index (κ3) is 10.9. The highest BCUT2D eigenvalue weighted by molar-refractivity contribution is 7.99. The zero-order valence-corrected chi connectivity index (χ0v) is 39.2. The number of phenols is 3. The summed E-state index contributed by atoms with van der Waals surface area (Å²) in [7, 11) is 4.13. The van der Waals surface area contributed by atoms with E-state index < -0.39 is 36.0 Å². The van der Waals surface area contributed by atoms with Gasteiger partial charge in [0.2, 0.25) is 0 Å². The zero-order chi connectivity index (χ0) is 44.9. The molecule has 63 heavy (non-hydrogen) atoms. The van der Waals surface area contributed by atoms with Crippen LogP contribution in [-0.4, -0.2) is 105 Å². The lowest BCUT2D eigenvalue weighted by Crippen LogP contribution is -2.44. The van der Waals surface area contributed by atoms with Crippen LogP contribution < -0.4 is 0 Å². The van der Waals surface area contributed by atoms with E-state index in [9.17, 15) is 29.7 Å². The second-order valence-electron chi connectivity index (χ2n) is 16.8. The summed E-state index contributed by atoms with van der Waals surface area (Å²) in [4.78, 5) is 47.8. The Kier molecular flexibility index (Phi) is 15.3. The van der Waals surface area contributed by atoms with Crippen LogP contribution in [-0.2, 0) is 85.1 Å². The first-order valence-corrected chi connectivity index (χ1v) is 24.5. The lowest BCUT2D eigenvalue weighted by Gasteiger charge is -2.34. The monoisotopic (exact) mass is 915 g/mol. The fourth-order valence-electron chi connectivity index (χ4n) is 9.00. The zero-order valence-electron chi connectivity index (χ0n) is 36.8. The van der Waals surface area contributed by atoms with Crippen LogP contribution in [0.25, 0.3) is 0 Å². The summed E-state index contributed by atoms with van der Waals surface area (Å²) in [5.41, 5.74) is 9.19. The van der Waals surface area contributed by atoms with Gasteiger partial charge in [0.05, 0.1) is 21.3 Å². The van der Waals surface area contributed by atoms with Crippen LogP contribution in [0.3, 0.4) is 0 Å². The molecular formula is C48H57N3O9S3. The first kappa shape index (κ1) is 46.6. The largest absolute Gasteiger partial charge is 0.507 e. The molecule has 0 aliphatic carbocycles. The molecule has 0 amide bonds. The number of hydrogen-bond acceptors (Lipinski definition) is 15. The molecule has 12 bridgehead atoms. The molecule has 2 unspecified atom stereocenters. The summed E-state index contributed by atoms with van der Waals surface area (Å²) in [5, 5.41) is 36.8. The summed E-state index contributed by atoms with van der Waals surface area (Å²) >= 11 is 4.84. The Hall–Kier alpha value is -4.38. The van der Waals surface area contributed by atoms with E-state index in [1.54, 1.807) is 35.3 Å². The van der Waals surface area contributed by atoms with E-state index in [4.69, 9.17) is 14.2 Å². The van der Waals surface area contributed by atoms with E-state index in [2.05, 4.69) is 18.2 Å². The van der Waals surface area contributed by atoms with E-state index in [-0.39, 0.29) is 56.5 Å². The van der Waals surface area contributed by atoms with Gasteiger partial charge in [0, 0.05) is 107 Å². The van der Waals surface area contributed by atoms with Crippen molar-refractivity contribution >= 4 is 53.2 Å². The number of ether oxygens (including phenoxy) is 3. The van der Waals surface area contributed by atoms with E-state index in [1.165, 1.54) is 21.3 Å². The molecule has 4 aliphatic heterocycles. The molecule has 12 nitrogen and oxygen atoms in total. The number of thioether (sulfide) groups is 3. The molecule has 0 fully saturated rings. The van der Waals surface area contributed by atoms with Crippen LogP contribution in [0.2, 0.25) is 0 Å². The second kappa shape index (κ2) is 20.6. The van der Waals surface area contributed by atoms with Crippen molar-refractivity contribution in [3.8, 4) is 17.2 Å². The number of nitrogens with zero attached hydrogens (tertiary/aromatic N) is 3. The average molecular weight is 916 g/mol. The first-order valence-electron chi connectivity index (χ1n) is 21.0. The summed E-state index contributed by atoms with van der Waals surface area (Å²) in [6, 6.07) is 15.6. The molecule has 0 spiro atoms. The minimum absolute atomic E-state index is 0.0213. The topological polar surface area (TPSA) is 149 Å². The van der Waals surface area contributed by atoms with Gasteiger partial charge in [-0.15, -0.1) is 0 Å². The van der Waals surface area contributed by atoms with Crippen molar-refractivity contribution in [2.24, 2.45) is 0 Å². The van der Waals surface area contributed by atoms with Crippen LogP contribution in [0.1, 0.15) is 66.8 Å². The van der Waals surface area contributed by atoms with Crippen LogP contribution in [0.5, 0.6) is 17.2 Å². The number of phenolic OH excluding ortho intramolecular Hbond substituents is 3. The molecular weight excluding hydrogens is 859 g/mol. The van der Waals surface area contributed by atoms with Gasteiger partial charge in [0.1, 0.15) is 35.4 Å². The van der Waals surface area contributed by atoms with Gasteiger partial charge in [-0.25, -0.2) is 0 Å². The molecule has 336 valence electrons. The number of hydrogen-bond donors (Lipinski definition) is 3. The number of esters is 3. The third-order valence-corrected chi connectivity index (χ3v) is 15.2. The van der Waals surface area contributed by atoms with Crippen molar-refractivity contribution in [1.29, 1.82) is 0 Å². The molecule has 0 saturated heterocycles. The predicted octanol–water partition coefficient (Wildman–Crippen LogP) is 7.10. The Morgan fingerprint density at radius 3 is 0.873 bits per heavy atom. The van der Waals surface area contributed by atoms with Crippen LogP contribution in [0, 0.1) is 20.8 Å². The molecule has 0 saturated carbocycles. The number of carbonyl (C=O) groups is 3. The molecule has 5 atom stereocenters. The summed E-state index contributed by atoms with van der Waals surface area (Å²) in [6.45, 7) is 6.56. The minimum Gasteiger partial charge on any atom is -0.507 e. The number of benzene rings is 4. The number of aromatic hydroxyl groups is 3. The number of rotatable bonds is 3. The lowest BCUT2D eigenvalue weighted by molar-refractivity contribution is -0.147.